The van der Waals surface area contributed by atoms with Crippen molar-refractivity contribution in [1.29, 1.82) is 0 Å². The van der Waals surface area contributed by atoms with E-state index >= 15 is 0 Å². The van der Waals surface area contributed by atoms with Crippen LogP contribution in [-0.2, 0) is 27.3 Å². The van der Waals surface area contributed by atoms with Gasteiger partial charge in [0, 0.05) is 0 Å². The minimum absolute atomic E-state index is 0.539. The molecule has 0 amide bonds. The number of hydrogen-bond donors (Lipinski definition) is 0. The zero-order valence-corrected chi connectivity index (χ0v) is 19.3. The third kappa shape index (κ3) is 5.03. The summed E-state index contributed by atoms with van der Waals surface area (Å²) >= 11 is -0.826. The Morgan fingerprint density at radius 3 is 2.40 bits per heavy atom. The molecule has 25 heavy (non-hydrogen) atoms. The quantitative estimate of drug-likeness (QED) is 0.353. The first-order valence-electron chi connectivity index (χ1n) is 8.77. The van der Waals surface area contributed by atoms with Crippen molar-refractivity contribution in [1.82, 2.24) is 0 Å². The number of rotatable bonds is 4. The molecule has 0 saturated heterocycles. The monoisotopic (exact) mass is 449 g/mol. The number of halogens is 2. The number of hydrogen-bond acceptors (Lipinski definition) is 0. The molecule has 0 aliphatic heterocycles. The van der Waals surface area contributed by atoms with Gasteiger partial charge < -0.3 is 0 Å². The first kappa shape index (κ1) is 20.8. The Balaban J connectivity index is 0.000000701. The summed E-state index contributed by atoms with van der Waals surface area (Å²) < 4.78 is 0. The molecule has 3 rings (SSSR count). The van der Waals surface area contributed by atoms with Gasteiger partial charge in [0.1, 0.15) is 0 Å². The predicted molar refractivity (Wildman–Crippen MR) is 110 cm³/mol. The molecule has 0 atom stereocenters. The van der Waals surface area contributed by atoms with Crippen molar-refractivity contribution < 1.29 is 20.8 Å². The van der Waals surface area contributed by atoms with Gasteiger partial charge in [0.25, 0.3) is 0 Å². The number of aryl methyl sites for hydroxylation is 2. The van der Waals surface area contributed by atoms with E-state index in [0.29, 0.717) is 5.92 Å². The summed E-state index contributed by atoms with van der Waals surface area (Å²) in [5.41, 5.74) is 7.15. The Morgan fingerprint density at radius 2 is 1.76 bits per heavy atom. The van der Waals surface area contributed by atoms with Crippen LogP contribution in [0.15, 0.2) is 48.5 Å². The van der Waals surface area contributed by atoms with E-state index in [2.05, 4.69) is 76.2 Å². The topological polar surface area (TPSA) is 0 Å². The predicted octanol–water partition coefficient (Wildman–Crippen LogP) is 7.99. The molecule has 0 aliphatic rings. The molecule has 0 saturated carbocycles. The van der Waals surface area contributed by atoms with Crippen LogP contribution in [-0.4, -0.2) is 0 Å². The Hall–Kier alpha value is -0.487. The molecule has 0 bridgehead atoms. The van der Waals surface area contributed by atoms with Crippen LogP contribution in [0.4, 0.5) is 0 Å². The van der Waals surface area contributed by atoms with Gasteiger partial charge in [-0.3, -0.25) is 0 Å². The van der Waals surface area contributed by atoms with Gasteiger partial charge >= 0.3 is 37.9 Å². The van der Waals surface area contributed by atoms with Gasteiger partial charge in [-0.15, -0.1) is 34.5 Å². The summed E-state index contributed by atoms with van der Waals surface area (Å²) in [6.45, 7) is 9.03. The van der Waals surface area contributed by atoms with Gasteiger partial charge in [0.15, 0.2) is 0 Å². The fourth-order valence-corrected chi connectivity index (χ4v) is 3.50. The van der Waals surface area contributed by atoms with Crippen LogP contribution in [0.2, 0.25) is 0 Å². The fourth-order valence-electron chi connectivity index (χ4n) is 3.50. The molecule has 0 radical (unpaired) electrons. The van der Waals surface area contributed by atoms with Gasteiger partial charge in [0.2, 0.25) is 0 Å². The standard InChI is InChI=1S/C22H25.2ClH.Zr/c1-5-8-17-11-12-18-13-16(4)14-21(18)22(17)20-10-7-6-9-19(20)15(2)3;;;/h6-7,9-15H,5,8H2,1-4H3;2*1H;/q-1;;;+2/p-2. The van der Waals surface area contributed by atoms with Gasteiger partial charge in [-0.05, 0) is 23.5 Å². The first-order valence-corrected chi connectivity index (χ1v) is 15.1. The molecule has 0 spiro atoms. The zero-order valence-electron chi connectivity index (χ0n) is 15.4. The van der Waals surface area contributed by atoms with E-state index in [9.17, 15) is 0 Å². The van der Waals surface area contributed by atoms with Crippen molar-refractivity contribution in [3.63, 3.8) is 0 Å². The van der Waals surface area contributed by atoms with E-state index in [1.807, 2.05) is 0 Å². The molecule has 0 aromatic heterocycles. The SMILES string of the molecule is CCCc1ccc2[cH-]c(C)cc2c1-c1ccccc1C(C)C.[Cl][Zr][Cl]. The molecule has 0 unspecified atom stereocenters. The Kier molecular flexibility index (Phi) is 8.33. The molecule has 0 heterocycles. The molecular formula is C22H25Cl2Zr-. The fraction of sp³-hybridized carbons (Fsp3) is 0.318. The van der Waals surface area contributed by atoms with Crippen molar-refractivity contribution in [2.24, 2.45) is 0 Å². The second-order valence-corrected chi connectivity index (χ2v) is 10.4. The average Bonchev–Trinajstić information content (AvgIpc) is 2.96. The molecular weight excluding hydrogens is 426 g/mol. The minimum atomic E-state index is -0.826. The van der Waals surface area contributed by atoms with Crippen LogP contribution in [0.3, 0.4) is 0 Å². The Bertz CT molecular complexity index is 818. The summed E-state index contributed by atoms with van der Waals surface area (Å²) in [5.74, 6) is 0.539. The van der Waals surface area contributed by atoms with Crippen molar-refractivity contribution in [2.75, 3.05) is 0 Å². The molecule has 0 nitrogen and oxygen atoms in total. The van der Waals surface area contributed by atoms with Crippen molar-refractivity contribution in [3.05, 3.63) is 65.2 Å². The van der Waals surface area contributed by atoms with Crippen molar-refractivity contribution in [3.8, 4) is 11.1 Å². The number of fused-ring (bicyclic) bond motifs is 1. The van der Waals surface area contributed by atoms with Gasteiger partial charge in [-0.1, -0.05) is 69.5 Å². The van der Waals surface area contributed by atoms with Crippen LogP contribution in [0.1, 0.15) is 49.8 Å². The third-order valence-corrected chi connectivity index (χ3v) is 4.49. The van der Waals surface area contributed by atoms with Crippen molar-refractivity contribution in [2.45, 2.75) is 46.5 Å². The molecule has 3 aromatic rings. The van der Waals surface area contributed by atoms with Crippen LogP contribution >= 0.6 is 17.0 Å². The molecule has 0 aliphatic carbocycles. The van der Waals surface area contributed by atoms with Gasteiger partial charge in [-0.25, -0.2) is 0 Å². The van der Waals surface area contributed by atoms with Crippen LogP contribution in [0, 0.1) is 6.92 Å². The summed E-state index contributed by atoms with van der Waals surface area (Å²) in [5, 5.41) is 2.78. The van der Waals surface area contributed by atoms with E-state index in [1.54, 1.807) is 0 Å². The van der Waals surface area contributed by atoms with E-state index in [1.165, 1.54) is 45.0 Å². The molecule has 3 aromatic carbocycles. The molecule has 3 heteroatoms. The molecule has 132 valence electrons. The molecule has 0 N–H and O–H groups in total. The second-order valence-electron chi connectivity index (χ2n) is 6.70. The van der Waals surface area contributed by atoms with Crippen LogP contribution < -0.4 is 0 Å². The number of benzene rings is 2. The van der Waals surface area contributed by atoms with E-state index in [4.69, 9.17) is 17.0 Å². The van der Waals surface area contributed by atoms with Crippen molar-refractivity contribution >= 4 is 27.8 Å². The van der Waals surface area contributed by atoms with E-state index in [0.717, 1.165) is 6.42 Å². The summed E-state index contributed by atoms with van der Waals surface area (Å²) in [7, 11) is 9.87. The van der Waals surface area contributed by atoms with E-state index in [-0.39, 0.29) is 0 Å². The summed E-state index contributed by atoms with van der Waals surface area (Å²) in [6, 6.07) is 18.2. The first-order chi connectivity index (χ1) is 12.0. The van der Waals surface area contributed by atoms with Gasteiger partial charge in [-0.2, -0.15) is 6.07 Å². The molecule has 0 fully saturated rings. The average molecular weight is 452 g/mol. The Morgan fingerprint density at radius 1 is 1.08 bits per heavy atom. The normalized spacial score (nSPS) is 10.7. The maximum absolute atomic E-state index is 4.93. The van der Waals surface area contributed by atoms with Crippen LogP contribution in [0.5, 0.6) is 0 Å². The van der Waals surface area contributed by atoms with Gasteiger partial charge in [0.05, 0.1) is 0 Å². The second kappa shape index (κ2) is 10.0. The summed E-state index contributed by atoms with van der Waals surface area (Å²) in [6.07, 6.45) is 2.32. The zero-order chi connectivity index (χ0) is 18.4. The summed E-state index contributed by atoms with van der Waals surface area (Å²) in [4.78, 5) is 0. The van der Waals surface area contributed by atoms with E-state index < -0.39 is 20.8 Å². The Labute approximate surface area is 170 Å². The third-order valence-electron chi connectivity index (χ3n) is 4.49. The maximum atomic E-state index is 4.93. The van der Waals surface area contributed by atoms with Crippen LogP contribution in [0.25, 0.3) is 21.9 Å².